The summed E-state index contributed by atoms with van der Waals surface area (Å²) in [6, 6.07) is 12.6. The predicted octanol–water partition coefficient (Wildman–Crippen LogP) is 4.94. The zero-order valence-corrected chi connectivity index (χ0v) is 24.7. The van der Waals surface area contributed by atoms with Gasteiger partial charge in [0.2, 0.25) is 21.8 Å². The van der Waals surface area contributed by atoms with Gasteiger partial charge in [-0.15, -0.1) is 0 Å². The average molecular weight is 581 g/mol. The number of carbonyl (C=O) groups excluding carboxylic acids is 2. The molecule has 9 heteroatoms. The van der Waals surface area contributed by atoms with Crippen molar-refractivity contribution >= 4 is 43.5 Å². The number of aryl methyl sites for hydroxylation is 2. The van der Waals surface area contributed by atoms with Gasteiger partial charge in [0.25, 0.3) is 0 Å². The minimum Gasteiger partial charge on any atom is -0.350 e. The van der Waals surface area contributed by atoms with Gasteiger partial charge >= 0.3 is 0 Å². The topological polar surface area (TPSA) is 86.8 Å². The van der Waals surface area contributed by atoms with Gasteiger partial charge in [0.05, 0.1) is 11.9 Å². The van der Waals surface area contributed by atoms with E-state index in [9.17, 15) is 18.0 Å². The molecule has 2 aromatic rings. The molecule has 0 spiro atoms. The molecule has 1 atom stereocenters. The summed E-state index contributed by atoms with van der Waals surface area (Å²) in [4.78, 5) is 27.9. The van der Waals surface area contributed by atoms with Gasteiger partial charge < -0.3 is 10.2 Å². The second-order valence-corrected chi connectivity index (χ2v) is 13.2. The van der Waals surface area contributed by atoms with Crippen LogP contribution in [0.25, 0.3) is 0 Å². The largest absolute Gasteiger partial charge is 0.350 e. The van der Waals surface area contributed by atoms with Crippen molar-refractivity contribution in [3.05, 3.63) is 63.6 Å². The Labute approximate surface area is 224 Å². The van der Waals surface area contributed by atoms with Gasteiger partial charge in [0.1, 0.15) is 6.04 Å². The quantitative estimate of drug-likeness (QED) is 0.431. The van der Waals surface area contributed by atoms with Crippen molar-refractivity contribution in [3.63, 3.8) is 0 Å². The van der Waals surface area contributed by atoms with Gasteiger partial charge in [0.15, 0.2) is 0 Å². The third-order valence-corrected chi connectivity index (χ3v) is 7.24. The highest BCUT2D eigenvalue weighted by Gasteiger charge is 2.28. The number of hydrogen-bond donors (Lipinski definition) is 1. The SMILES string of the molecule is Cc1cc(C)cc(N(CCCC(=O)N(Cc2cccc(Br)c2)[C@@H](C)C(=O)NC(C)(C)C)S(C)(=O)=O)c1. The van der Waals surface area contributed by atoms with Gasteiger partial charge in [-0.05, 0) is 88.9 Å². The monoisotopic (exact) mass is 579 g/mol. The Morgan fingerprint density at radius 2 is 1.67 bits per heavy atom. The standard InChI is InChI=1S/C27H38BrN3O4S/c1-19-14-20(2)16-24(15-19)31(36(7,34)35)13-9-12-25(32)30(18-22-10-8-11-23(28)17-22)21(3)26(33)29-27(4,5)6/h8,10-11,14-17,21H,9,12-13,18H2,1-7H3,(H,29,33)/t21-/m0/s1. The van der Waals surface area contributed by atoms with E-state index in [1.165, 1.54) is 10.6 Å². The fourth-order valence-corrected chi connectivity index (χ4v) is 5.38. The van der Waals surface area contributed by atoms with Crippen molar-refractivity contribution in [3.8, 4) is 0 Å². The van der Waals surface area contributed by atoms with Crippen LogP contribution in [0.1, 0.15) is 57.2 Å². The lowest BCUT2D eigenvalue weighted by Gasteiger charge is -2.32. The van der Waals surface area contributed by atoms with Gasteiger partial charge in [-0.3, -0.25) is 13.9 Å². The Kier molecular flexibility index (Phi) is 10.1. The summed E-state index contributed by atoms with van der Waals surface area (Å²) in [6.45, 7) is 11.7. The minimum absolute atomic E-state index is 0.109. The average Bonchev–Trinajstić information content (AvgIpc) is 2.71. The zero-order valence-electron chi connectivity index (χ0n) is 22.3. The van der Waals surface area contributed by atoms with E-state index in [1.54, 1.807) is 11.8 Å². The number of rotatable bonds is 10. The van der Waals surface area contributed by atoms with E-state index in [4.69, 9.17) is 0 Å². The highest BCUT2D eigenvalue weighted by atomic mass is 79.9. The Hall–Kier alpha value is -2.39. The maximum atomic E-state index is 13.4. The molecule has 0 saturated heterocycles. The Morgan fingerprint density at radius 1 is 1.06 bits per heavy atom. The second-order valence-electron chi connectivity index (χ2n) is 10.4. The van der Waals surface area contributed by atoms with Crippen molar-refractivity contribution in [2.24, 2.45) is 0 Å². The molecular formula is C27H38BrN3O4S. The van der Waals surface area contributed by atoms with Crippen LogP contribution in [-0.2, 0) is 26.2 Å². The van der Waals surface area contributed by atoms with Crippen molar-refractivity contribution in [2.75, 3.05) is 17.1 Å². The van der Waals surface area contributed by atoms with Crippen molar-refractivity contribution < 1.29 is 18.0 Å². The number of nitrogens with one attached hydrogen (secondary N) is 1. The van der Waals surface area contributed by atoms with Gasteiger partial charge in [0, 0.05) is 29.5 Å². The number of hydrogen-bond acceptors (Lipinski definition) is 4. The van der Waals surface area contributed by atoms with E-state index in [0.29, 0.717) is 12.1 Å². The van der Waals surface area contributed by atoms with E-state index < -0.39 is 21.6 Å². The molecule has 0 heterocycles. The van der Waals surface area contributed by atoms with Gasteiger partial charge in [-0.2, -0.15) is 0 Å². The number of sulfonamides is 1. The second kappa shape index (κ2) is 12.2. The van der Waals surface area contributed by atoms with E-state index in [2.05, 4.69) is 21.2 Å². The first-order valence-electron chi connectivity index (χ1n) is 12.0. The van der Waals surface area contributed by atoms with Crippen LogP contribution in [0.5, 0.6) is 0 Å². The third kappa shape index (κ3) is 9.24. The summed E-state index contributed by atoms with van der Waals surface area (Å²) < 4.78 is 27.3. The van der Waals surface area contributed by atoms with E-state index in [-0.39, 0.29) is 31.3 Å². The third-order valence-electron chi connectivity index (χ3n) is 5.55. The first-order chi connectivity index (χ1) is 16.6. The number of nitrogens with zero attached hydrogens (tertiary/aromatic N) is 2. The van der Waals surface area contributed by atoms with Crippen LogP contribution in [0.3, 0.4) is 0 Å². The number of benzene rings is 2. The molecule has 0 aliphatic heterocycles. The first kappa shape index (κ1) is 29.8. The molecule has 2 rings (SSSR count). The molecule has 2 aromatic carbocycles. The lowest BCUT2D eigenvalue weighted by molar-refractivity contribution is -0.141. The van der Waals surface area contributed by atoms with Crippen molar-refractivity contribution in [1.29, 1.82) is 0 Å². The Bertz CT molecular complexity index is 1170. The Morgan fingerprint density at radius 3 is 2.19 bits per heavy atom. The zero-order chi connectivity index (χ0) is 27.3. The molecule has 0 unspecified atom stereocenters. The van der Waals surface area contributed by atoms with E-state index in [0.717, 1.165) is 21.2 Å². The number of amides is 2. The van der Waals surface area contributed by atoms with Gasteiger partial charge in [-0.1, -0.05) is 34.1 Å². The molecule has 0 saturated carbocycles. The van der Waals surface area contributed by atoms with Crippen LogP contribution in [0, 0.1) is 13.8 Å². The minimum atomic E-state index is -3.53. The maximum absolute atomic E-state index is 13.4. The fraction of sp³-hybridized carbons (Fsp3) is 0.481. The summed E-state index contributed by atoms with van der Waals surface area (Å²) in [6.07, 6.45) is 1.60. The highest BCUT2D eigenvalue weighted by molar-refractivity contribution is 9.10. The first-order valence-corrected chi connectivity index (χ1v) is 14.6. The van der Waals surface area contributed by atoms with E-state index in [1.807, 2.05) is 77.1 Å². The van der Waals surface area contributed by atoms with Crippen LogP contribution < -0.4 is 9.62 Å². The lowest BCUT2D eigenvalue weighted by Crippen LogP contribution is -2.52. The molecule has 0 aliphatic rings. The molecule has 7 nitrogen and oxygen atoms in total. The lowest BCUT2D eigenvalue weighted by atomic mass is 10.1. The summed E-state index contributed by atoms with van der Waals surface area (Å²) in [7, 11) is -3.53. The van der Waals surface area contributed by atoms with Crippen molar-refractivity contribution in [2.45, 2.75) is 72.5 Å². The molecule has 2 amide bonds. The molecule has 0 aliphatic carbocycles. The molecule has 0 bridgehead atoms. The van der Waals surface area contributed by atoms with Gasteiger partial charge in [-0.25, -0.2) is 8.42 Å². The maximum Gasteiger partial charge on any atom is 0.242 e. The van der Waals surface area contributed by atoms with E-state index >= 15 is 0 Å². The summed E-state index contributed by atoms with van der Waals surface area (Å²) in [5.41, 5.74) is 2.98. The Balaban J connectivity index is 2.22. The molecular weight excluding hydrogens is 542 g/mol. The van der Waals surface area contributed by atoms with Crippen LogP contribution >= 0.6 is 15.9 Å². The van der Waals surface area contributed by atoms with Crippen LogP contribution in [-0.4, -0.2) is 49.5 Å². The van der Waals surface area contributed by atoms with Crippen LogP contribution in [0.4, 0.5) is 5.69 Å². The number of anilines is 1. The summed E-state index contributed by atoms with van der Waals surface area (Å²) >= 11 is 3.46. The molecule has 0 aromatic heterocycles. The highest BCUT2D eigenvalue weighted by Crippen LogP contribution is 2.23. The number of carbonyl (C=O) groups is 2. The summed E-state index contributed by atoms with van der Waals surface area (Å²) in [5.74, 6) is -0.445. The van der Waals surface area contributed by atoms with Crippen molar-refractivity contribution in [1.82, 2.24) is 10.2 Å². The molecule has 1 N–H and O–H groups in total. The molecule has 198 valence electrons. The normalized spacial score (nSPS) is 12.7. The smallest absolute Gasteiger partial charge is 0.242 e. The predicted molar refractivity (Wildman–Crippen MR) is 149 cm³/mol. The molecule has 0 radical (unpaired) electrons. The van der Waals surface area contributed by atoms with Crippen LogP contribution in [0.2, 0.25) is 0 Å². The van der Waals surface area contributed by atoms with Crippen LogP contribution in [0.15, 0.2) is 46.9 Å². The summed E-state index contributed by atoms with van der Waals surface area (Å²) in [5, 5.41) is 2.95. The fourth-order valence-electron chi connectivity index (χ4n) is 3.99. The molecule has 36 heavy (non-hydrogen) atoms. The molecule has 0 fully saturated rings. The number of halogens is 1.